The normalized spacial score (nSPS) is 10.9. The number of benzene rings is 1. The molecule has 1 aromatic carbocycles. The fraction of sp³-hybridized carbons (Fsp3) is 0.185. The van der Waals surface area contributed by atoms with E-state index in [-0.39, 0.29) is 18.6 Å². The largest absolute Gasteiger partial charge is 0.481 e. The lowest BCUT2D eigenvalue weighted by atomic mass is 9.99. The molecule has 5 rings (SSSR count). The molecule has 0 amide bonds. The van der Waals surface area contributed by atoms with Crippen LogP contribution in [0, 0.1) is 32.1 Å². The van der Waals surface area contributed by atoms with Crippen LogP contribution in [0.4, 0.5) is 5.95 Å². The third kappa shape index (κ3) is 4.62. The predicted molar refractivity (Wildman–Crippen MR) is 138 cm³/mol. The summed E-state index contributed by atoms with van der Waals surface area (Å²) in [7, 11) is 1.56. The number of nitrogen functional groups attached to an aromatic ring is 1. The number of pyridine rings is 2. The molecule has 0 saturated carbocycles. The number of hydrogen-bond acceptors (Lipinski definition) is 9. The van der Waals surface area contributed by atoms with Crippen LogP contribution in [0.5, 0.6) is 11.9 Å². The van der Waals surface area contributed by atoms with E-state index in [4.69, 9.17) is 15.2 Å². The van der Waals surface area contributed by atoms with Crippen LogP contribution in [-0.2, 0) is 6.61 Å². The van der Waals surface area contributed by atoms with E-state index in [1.165, 1.54) is 4.52 Å². The Labute approximate surface area is 213 Å². The minimum atomic E-state index is 0.126. The lowest BCUT2D eigenvalue weighted by Gasteiger charge is -2.13. The van der Waals surface area contributed by atoms with Crippen molar-refractivity contribution in [1.82, 2.24) is 29.5 Å². The summed E-state index contributed by atoms with van der Waals surface area (Å²) < 4.78 is 12.8. The maximum absolute atomic E-state index is 9.45. The van der Waals surface area contributed by atoms with Crippen molar-refractivity contribution in [2.45, 2.75) is 27.4 Å². The van der Waals surface area contributed by atoms with E-state index < -0.39 is 0 Å². The maximum Gasteiger partial charge on any atom is 0.336 e. The average molecular weight is 493 g/mol. The first-order valence-corrected chi connectivity index (χ1v) is 11.5. The van der Waals surface area contributed by atoms with Gasteiger partial charge in [-0.05, 0) is 56.2 Å². The Kier molecular flexibility index (Phi) is 6.11. The van der Waals surface area contributed by atoms with Crippen molar-refractivity contribution in [3.05, 3.63) is 76.7 Å². The number of rotatable bonds is 6. The monoisotopic (exact) mass is 492 g/mol. The van der Waals surface area contributed by atoms with Gasteiger partial charge in [0.15, 0.2) is 5.65 Å². The molecule has 10 nitrogen and oxygen atoms in total. The Morgan fingerprint density at radius 1 is 0.946 bits per heavy atom. The van der Waals surface area contributed by atoms with Gasteiger partial charge in [0.1, 0.15) is 6.61 Å². The van der Waals surface area contributed by atoms with Crippen molar-refractivity contribution in [2.24, 2.45) is 0 Å². The molecule has 37 heavy (non-hydrogen) atoms. The summed E-state index contributed by atoms with van der Waals surface area (Å²) in [6.07, 6.45) is 0. The van der Waals surface area contributed by atoms with Gasteiger partial charge in [0.25, 0.3) is 0 Å². The predicted octanol–water partition coefficient (Wildman–Crippen LogP) is 4.22. The van der Waals surface area contributed by atoms with Crippen molar-refractivity contribution in [3.8, 4) is 40.3 Å². The minimum absolute atomic E-state index is 0.126. The summed E-state index contributed by atoms with van der Waals surface area (Å²) in [4.78, 5) is 18.3. The molecule has 0 saturated heterocycles. The Morgan fingerprint density at radius 2 is 1.78 bits per heavy atom. The van der Waals surface area contributed by atoms with Crippen LogP contribution in [0.3, 0.4) is 0 Å². The van der Waals surface area contributed by atoms with Crippen LogP contribution in [0.2, 0.25) is 0 Å². The van der Waals surface area contributed by atoms with Crippen LogP contribution >= 0.6 is 0 Å². The highest BCUT2D eigenvalue weighted by Gasteiger charge is 2.22. The fourth-order valence-electron chi connectivity index (χ4n) is 4.06. The molecular formula is C27H24N8O2. The minimum Gasteiger partial charge on any atom is -0.481 e. The Balaban J connectivity index is 1.70. The molecule has 10 heteroatoms. The molecule has 0 fully saturated rings. The lowest BCUT2D eigenvalue weighted by molar-refractivity contribution is 0.276. The molecule has 184 valence electrons. The van der Waals surface area contributed by atoms with Crippen molar-refractivity contribution in [3.63, 3.8) is 0 Å². The van der Waals surface area contributed by atoms with Crippen LogP contribution in [0.1, 0.15) is 28.2 Å². The SMILES string of the molecule is COc1cc(-c2c(-c3cccc(C#N)c3)nc(N)n3nc(OCc4nc(C)ccc4C)nc23)cc(C)n1. The van der Waals surface area contributed by atoms with E-state index >= 15 is 0 Å². The van der Waals surface area contributed by atoms with E-state index in [0.29, 0.717) is 33.9 Å². The van der Waals surface area contributed by atoms with E-state index in [1.807, 2.05) is 45.0 Å². The Hall–Kier alpha value is -5.04. The molecule has 4 heterocycles. The number of aromatic nitrogens is 6. The number of fused-ring (bicyclic) bond motifs is 1. The second kappa shape index (κ2) is 9.54. The van der Waals surface area contributed by atoms with Gasteiger partial charge < -0.3 is 15.2 Å². The second-order valence-electron chi connectivity index (χ2n) is 8.56. The molecule has 0 bridgehead atoms. The number of hydrogen-bond donors (Lipinski definition) is 1. The summed E-state index contributed by atoms with van der Waals surface area (Å²) in [6, 6.07) is 17.1. The quantitative estimate of drug-likeness (QED) is 0.369. The van der Waals surface area contributed by atoms with Gasteiger partial charge in [0.05, 0.1) is 35.7 Å². The van der Waals surface area contributed by atoms with E-state index in [0.717, 1.165) is 28.2 Å². The maximum atomic E-state index is 9.45. The second-order valence-corrected chi connectivity index (χ2v) is 8.56. The summed E-state index contributed by atoms with van der Waals surface area (Å²) in [5.74, 6) is 0.569. The first-order chi connectivity index (χ1) is 17.9. The van der Waals surface area contributed by atoms with E-state index in [2.05, 4.69) is 31.1 Å². The molecular weight excluding hydrogens is 468 g/mol. The van der Waals surface area contributed by atoms with Gasteiger partial charge in [0, 0.05) is 23.0 Å². The summed E-state index contributed by atoms with van der Waals surface area (Å²) in [5, 5.41) is 13.9. The number of nitrogens with zero attached hydrogens (tertiary/aromatic N) is 7. The van der Waals surface area contributed by atoms with Crippen LogP contribution < -0.4 is 15.2 Å². The molecule has 0 radical (unpaired) electrons. The number of ether oxygens (including phenoxy) is 2. The summed E-state index contributed by atoms with van der Waals surface area (Å²) in [6.45, 7) is 5.98. The van der Waals surface area contributed by atoms with Crippen LogP contribution in [-0.4, -0.2) is 36.7 Å². The number of nitrogens with two attached hydrogens (primary N) is 1. The topological polar surface area (TPSA) is 137 Å². The van der Waals surface area contributed by atoms with Gasteiger partial charge in [-0.3, -0.25) is 4.98 Å². The molecule has 0 aliphatic carbocycles. The van der Waals surface area contributed by atoms with Crippen molar-refractivity contribution < 1.29 is 9.47 Å². The average Bonchev–Trinajstić information content (AvgIpc) is 3.33. The Bertz CT molecular complexity index is 1690. The number of nitriles is 1. The zero-order valence-corrected chi connectivity index (χ0v) is 20.9. The summed E-state index contributed by atoms with van der Waals surface area (Å²) in [5.41, 5.74) is 13.4. The number of aryl methyl sites for hydroxylation is 3. The van der Waals surface area contributed by atoms with Crippen LogP contribution in [0.25, 0.3) is 28.0 Å². The highest BCUT2D eigenvalue weighted by Crippen LogP contribution is 2.37. The van der Waals surface area contributed by atoms with Crippen LogP contribution in [0.15, 0.2) is 48.5 Å². The van der Waals surface area contributed by atoms with Gasteiger partial charge >= 0.3 is 6.01 Å². The third-order valence-electron chi connectivity index (χ3n) is 5.86. The van der Waals surface area contributed by atoms with Crippen molar-refractivity contribution in [1.29, 1.82) is 5.26 Å². The molecule has 0 unspecified atom stereocenters. The standard InChI is InChI=1S/C27H24N8O2/c1-15-8-9-16(2)30-21(15)14-37-27-33-25-23(20-10-17(3)31-22(12-20)36-4)24(32-26(29)35(25)34-27)19-7-5-6-18(11-19)13-28/h5-12H,14H2,1-4H3,(H2,29,32). The molecule has 5 aromatic rings. The third-order valence-corrected chi connectivity index (χ3v) is 5.86. The Morgan fingerprint density at radius 3 is 2.57 bits per heavy atom. The summed E-state index contributed by atoms with van der Waals surface area (Å²) >= 11 is 0. The fourth-order valence-corrected chi connectivity index (χ4v) is 4.06. The molecule has 0 atom stereocenters. The van der Waals surface area contributed by atoms with Gasteiger partial charge in [0.2, 0.25) is 11.8 Å². The zero-order chi connectivity index (χ0) is 26.1. The van der Waals surface area contributed by atoms with Crippen molar-refractivity contribution >= 4 is 11.6 Å². The molecule has 0 aliphatic heterocycles. The van der Waals surface area contributed by atoms with Gasteiger partial charge in [-0.15, -0.1) is 5.10 Å². The smallest absolute Gasteiger partial charge is 0.336 e. The van der Waals surface area contributed by atoms with Gasteiger partial charge in [-0.2, -0.15) is 14.8 Å². The van der Waals surface area contributed by atoms with Gasteiger partial charge in [-0.25, -0.2) is 9.97 Å². The van der Waals surface area contributed by atoms with E-state index in [1.54, 1.807) is 31.4 Å². The molecule has 2 N–H and O–H groups in total. The highest BCUT2D eigenvalue weighted by molar-refractivity contribution is 5.91. The van der Waals surface area contributed by atoms with Crippen molar-refractivity contribution in [2.75, 3.05) is 12.8 Å². The number of anilines is 1. The first kappa shape index (κ1) is 23.7. The lowest BCUT2D eigenvalue weighted by Crippen LogP contribution is -2.06. The zero-order valence-electron chi connectivity index (χ0n) is 20.9. The van der Waals surface area contributed by atoms with E-state index in [9.17, 15) is 5.26 Å². The molecule has 0 aliphatic rings. The first-order valence-electron chi connectivity index (χ1n) is 11.5. The molecule has 0 spiro atoms. The van der Waals surface area contributed by atoms with Gasteiger partial charge in [-0.1, -0.05) is 18.2 Å². The highest BCUT2D eigenvalue weighted by atomic mass is 16.5. The molecule has 4 aromatic heterocycles. The number of methoxy groups -OCH3 is 1.